The summed E-state index contributed by atoms with van der Waals surface area (Å²) < 4.78 is 28.6. The lowest BCUT2D eigenvalue weighted by Gasteiger charge is -2.51. The van der Waals surface area contributed by atoms with Crippen molar-refractivity contribution in [3.8, 4) is 0 Å². The number of hydrogen-bond acceptors (Lipinski definition) is 4. The molecule has 3 saturated heterocycles. The first-order valence-corrected chi connectivity index (χ1v) is 11.0. The van der Waals surface area contributed by atoms with Crippen molar-refractivity contribution >= 4 is 22.8 Å². The number of halogens is 2. The van der Waals surface area contributed by atoms with Gasteiger partial charge in [-0.3, -0.25) is 4.90 Å². The van der Waals surface area contributed by atoms with Crippen LogP contribution in [0.5, 0.6) is 0 Å². The van der Waals surface area contributed by atoms with Crippen LogP contribution >= 0.6 is 0 Å². The number of para-hydroxylation sites is 1. The van der Waals surface area contributed by atoms with E-state index in [1.165, 1.54) is 11.0 Å². The molecule has 1 saturated carbocycles. The van der Waals surface area contributed by atoms with Crippen LogP contribution in [0.2, 0.25) is 0 Å². The van der Waals surface area contributed by atoms with Gasteiger partial charge in [0.1, 0.15) is 11.3 Å². The number of nitrogens with two attached hydrogens (primary N) is 1. The number of alkyl halides is 2. The molecule has 3 atom stereocenters. The number of nitrogens with zero attached hydrogens (tertiary/aromatic N) is 4. The van der Waals surface area contributed by atoms with Gasteiger partial charge in [0.15, 0.2) is 0 Å². The number of piperidine rings is 2. The van der Waals surface area contributed by atoms with Crippen molar-refractivity contribution in [1.29, 1.82) is 0 Å². The van der Waals surface area contributed by atoms with Gasteiger partial charge in [-0.25, -0.2) is 23.1 Å². The fourth-order valence-corrected chi connectivity index (χ4v) is 5.73. The van der Waals surface area contributed by atoms with Crippen molar-refractivity contribution in [3.63, 3.8) is 0 Å². The van der Waals surface area contributed by atoms with Gasteiger partial charge in [0.25, 0.3) is 0 Å². The molecule has 1 aromatic heterocycles. The van der Waals surface area contributed by atoms with Gasteiger partial charge in [-0.15, -0.1) is 0 Å². The van der Waals surface area contributed by atoms with Crippen LogP contribution in [0.4, 0.5) is 19.3 Å². The van der Waals surface area contributed by atoms with E-state index in [2.05, 4.69) is 22.9 Å². The molecule has 8 heteroatoms. The van der Waals surface area contributed by atoms with Crippen molar-refractivity contribution in [1.82, 2.24) is 14.5 Å². The first kappa shape index (κ1) is 19.7. The third-order valence-corrected chi connectivity index (χ3v) is 7.35. The van der Waals surface area contributed by atoms with E-state index in [1.54, 1.807) is 0 Å². The molecule has 1 aromatic carbocycles. The third kappa shape index (κ3) is 3.35. The lowest BCUT2D eigenvalue weighted by atomic mass is 9.90. The SMILES string of the molecule is CN1CC2CCC1CN2c1cccc2c1nc(CCC1CCC(F)(F)C1)n2C(N)=O. The van der Waals surface area contributed by atoms with E-state index >= 15 is 0 Å². The molecule has 1 aliphatic carbocycles. The normalized spacial score (nSPS) is 28.5. The summed E-state index contributed by atoms with van der Waals surface area (Å²) in [4.78, 5) is 21.9. The Morgan fingerprint density at radius 1 is 1.23 bits per heavy atom. The molecule has 3 aliphatic heterocycles. The Kier molecular flexibility index (Phi) is 4.72. The number of carbonyl (C=O) groups is 1. The summed E-state index contributed by atoms with van der Waals surface area (Å²) in [5, 5.41) is 0. The number of benzene rings is 1. The van der Waals surface area contributed by atoms with Crippen molar-refractivity contribution in [3.05, 3.63) is 24.0 Å². The molecule has 0 radical (unpaired) electrons. The maximum absolute atomic E-state index is 13.6. The molecule has 2 aromatic rings. The Morgan fingerprint density at radius 2 is 2.03 bits per heavy atom. The molecule has 4 heterocycles. The van der Waals surface area contributed by atoms with Crippen molar-refractivity contribution < 1.29 is 13.6 Å². The number of imidazole rings is 1. The molecule has 4 aliphatic rings. The lowest BCUT2D eigenvalue weighted by Crippen LogP contribution is -2.61. The topological polar surface area (TPSA) is 67.4 Å². The van der Waals surface area contributed by atoms with Crippen LogP contribution < -0.4 is 10.6 Å². The predicted octanol–water partition coefficient (Wildman–Crippen LogP) is 3.61. The number of carbonyl (C=O) groups excluding carboxylic acids is 1. The Labute approximate surface area is 175 Å². The highest BCUT2D eigenvalue weighted by Gasteiger charge is 2.40. The number of piperazine rings is 1. The van der Waals surface area contributed by atoms with E-state index in [0.29, 0.717) is 42.7 Å². The van der Waals surface area contributed by atoms with Gasteiger partial charge in [-0.1, -0.05) is 6.07 Å². The maximum atomic E-state index is 13.6. The van der Waals surface area contributed by atoms with Crippen LogP contribution in [0.1, 0.15) is 44.3 Å². The van der Waals surface area contributed by atoms with Crippen LogP contribution in [0.25, 0.3) is 11.0 Å². The molecule has 162 valence electrons. The Morgan fingerprint density at radius 3 is 2.67 bits per heavy atom. The average Bonchev–Trinajstić information content (AvgIpc) is 3.25. The summed E-state index contributed by atoms with van der Waals surface area (Å²) >= 11 is 0. The molecule has 30 heavy (non-hydrogen) atoms. The Hall–Kier alpha value is -2.22. The monoisotopic (exact) mass is 417 g/mol. The van der Waals surface area contributed by atoms with E-state index in [9.17, 15) is 13.6 Å². The molecule has 1 amide bonds. The zero-order chi connectivity index (χ0) is 21.0. The van der Waals surface area contributed by atoms with E-state index in [4.69, 9.17) is 10.7 Å². The highest BCUT2D eigenvalue weighted by molar-refractivity contribution is 5.96. The smallest absolute Gasteiger partial charge is 0.324 e. The first-order chi connectivity index (χ1) is 14.3. The highest BCUT2D eigenvalue weighted by Crippen LogP contribution is 2.41. The zero-order valence-electron chi connectivity index (χ0n) is 17.4. The van der Waals surface area contributed by atoms with E-state index in [0.717, 1.165) is 30.7 Å². The molecule has 4 fully saturated rings. The van der Waals surface area contributed by atoms with Crippen LogP contribution in [-0.2, 0) is 6.42 Å². The third-order valence-electron chi connectivity index (χ3n) is 7.35. The Bertz CT molecular complexity index is 974. The molecule has 3 unspecified atom stereocenters. The number of anilines is 1. The van der Waals surface area contributed by atoms with Gasteiger partial charge in [-0.2, -0.15) is 0 Å². The molecule has 2 bridgehead atoms. The van der Waals surface area contributed by atoms with E-state index in [1.807, 2.05) is 12.1 Å². The van der Waals surface area contributed by atoms with Gasteiger partial charge in [0.05, 0.1) is 11.2 Å². The summed E-state index contributed by atoms with van der Waals surface area (Å²) in [5.74, 6) is -2.00. The predicted molar refractivity (Wildman–Crippen MR) is 112 cm³/mol. The van der Waals surface area contributed by atoms with Gasteiger partial charge >= 0.3 is 6.03 Å². The fraction of sp³-hybridized carbons (Fsp3) is 0.636. The van der Waals surface area contributed by atoms with E-state index < -0.39 is 12.0 Å². The molecule has 6 nitrogen and oxygen atoms in total. The van der Waals surface area contributed by atoms with Crippen LogP contribution in [0, 0.1) is 5.92 Å². The summed E-state index contributed by atoms with van der Waals surface area (Å²) in [6.45, 7) is 1.98. The second kappa shape index (κ2) is 7.18. The fourth-order valence-electron chi connectivity index (χ4n) is 5.73. The van der Waals surface area contributed by atoms with Gasteiger partial charge in [-0.05, 0) is 50.8 Å². The standard InChI is InChI=1S/C22H29F2N5O/c1-27-12-16-7-6-15(27)13-28(16)17-3-2-4-18-20(17)26-19(29(18)21(25)30)8-5-14-9-10-22(23,24)11-14/h2-4,14-16H,5-13H2,1H3,(H2,25,30). The van der Waals surface area contributed by atoms with Crippen LogP contribution in [0.15, 0.2) is 18.2 Å². The minimum absolute atomic E-state index is 0.0334. The molecule has 0 spiro atoms. The maximum Gasteiger partial charge on any atom is 0.324 e. The molecular weight excluding hydrogens is 388 g/mol. The molecular formula is C22H29F2N5O. The highest BCUT2D eigenvalue weighted by atomic mass is 19.3. The van der Waals surface area contributed by atoms with Gasteiger partial charge in [0, 0.05) is 44.4 Å². The number of rotatable bonds is 4. The van der Waals surface area contributed by atoms with Gasteiger partial charge < -0.3 is 10.6 Å². The number of primary amides is 1. The molecule has 6 rings (SSSR count). The number of aromatic nitrogens is 2. The molecule has 2 N–H and O–H groups in total. The zero-order valence-corrected chi connectivity index (χ0v) is 17.4. The second-order valence-corrected chi connectivity index (χ2v) is 9.33. The van der Waals surface area contributed by atoms with Crippen LogP contribution in [0.3, 0.4) is 0 Å². The minimum Gasteiger partial charge on any atom is -0.364 e. The largest absolute Gasteiger partial charge is 0.364 e. The number of hydrogen-bond donors (Lipinski definition) is 1. The van der Waals surface area contributed by atoms with Gasteiger partial charge in [0.2, 0.25) is 5.92 Å². The second-order valence-electron chi connectivity index (χ2n) is 9.33. The minimum atomic E-state index is -2.55. The van der Waals surface area contributed by atoms with E-state index in [-0.39, 0.29) is 18.8 Å². The number of fused-ring (bicyclic) bond motifs is 4. The number of likely N-dealkylation sites (N-methyl/N-ethyl adjacent to an activating group) is 1. The summed E-state index contributed by atoms with van der Waals surface area (Å²) in [6.07, 6.45) is 3.86. The Balaban J connectivity index is 1.46. The summed E-state index contributed by atoms with van der Waals surface area (Å²) in [6, 6.07) is 6.30. The average molecular weight is 418 g/mol. The lowest BCUT2D eigenvalue weighted by molar-refractivity contribution is 0.00470. The quantitative estimate of drug-likeness (QED) is 0.825. The number of aryl methyl sites for hydroxylation is 1. The van der Waals surface area contributed by atoms with Crippen molar-refractivity contribution in [2.45, 2.75) is 63.0 Å². The van der Waals surface area contributed by atoms with Crippen molar-refractivity contribution in [2.75, 3.05) is 25.0 Å². The summed E-state index contributed by atoms with van der Waals surface area (Å²) in [5.41, 5.74) is 8.25. The number of amides is 1. The first-order valence-electron chi connectivity index (χ1n) is 11.0. The van der Waals surface area contributed by atoms with Crippen molar-refractivity contribution in [2.24, 2.45) is 11.7 Å². The summed E-state index contributed by atoms with van der Waals surface area (Å²) in [7, 11) is 2.18. The van der Waals surface area contributed by atoms with Crippen LogP contribution in [-0.4, -0.2) is 58.6 Å².